The standard InChI is InChI=1S/C11H13NO2.ClH/c12-10(11(13)14)9-6-5-7-3-1-2-4-8(7)9;/h1-4,9-10H,5-6,12H2,(H,13,14);1H. The normalized spacial score (nSPS) is 20.2. The lowest BCUT2D eigenvalue weighted by atomic mass is 9.94. The number of carbonyl (C=O) groups is 1. The number of benzene rings is 1. The number of hydrogen-bond donors (Lipinski definition) is 2. The third kappa shape index (κ3) is 2.13. The maximum Gasteiger partial charge on any atom is 0.321 e. The Balaban J connectivity index is 0.00000112. The maximum absolute atomic E-state index is 10.8. The third-order valence-electron chi connectivity index (χ3n) is 2.90. The van der Waals surface area contributed by atoms with Crippen LogP contribution in [0, 0.1) is 0 Å². The van der Waals surface area contributed by atoms with E-state index in [1.54, 1.807) is 0 Å². The number of nitrogens with two attached hydrogens (primary N) is 1. The minimum atomic E-state index is -0.910. The molecule has 1 aromatic rings. The summed E-state index contributed by atoms with van der Waals surface area (Å²) in [4.78, 5) is 10.8. The second-order valence-corrected chi connectivity index (χ2v) is 3.71. The van der Waals surface area contributed by atoms with Gasteiger partial charge in [-0.05, 0) is 24.0 Å². The van der Waals surface area contributed by atoms with Crippen LogP contribution in [-0.2, 0) is 11.2 Å². The van der Waals surface area contributed by atoms with Crippen molar-refractivity contribution in [2.24, 2.45) is 5.73 Å². The van der Waals surface area contributed by atoms with Crippen molar-refractivity contribution >= 4 is 18.4 Å². The molecule has 82 valence electrons. The molecule has 0 heterocycles. The van der Waals surface area contributed by atoms with Gasteiger partial charge in [0.2, 0.25) is 0 Å². The monoisotopic (exact) mass is 227 g/mol. The van der Waals surface area contributed by atoms with Gasteiger partial charge in [-0.2, -0.15) is 0 Å². The van der Waals surface area contributed by atoms with Crippen molar-refractivity contribution in [2.75, 3.05) is 0 Å². The van der Waals surface area contributed by atoms with E-state index in [1.807, 2.05) is 24.3 Å². The van der Waals surface area contributed by atoms with Gasteiger partial charge in [0.25, 0.3) is 0 Å². The van der Waals surface area contributed by atoms with E-state index in [9.17, 15) is 4.79 Å². The van der Waals surface area contributed by atoms with Crippen LogP contribution in [0.5, 0.6) is 0 Å². The van der Waals surface area contributed by atoms with Gasteiger partial charge >= 0.3 is 5.97 Å². The third-order valence-corrected chi connectivity index (χ3v) is 2.90. The van der Waals surface area contributed by atoms with Crippen LogP contribution in [0.1, 0.15) is 23.5 Å². The Morgan fingerprint density at radius 3 is 2.80 bits per heavy atom. The van der Waals surface area contributed by atoms with Crippen LogP contribution in [0.2, 0.25) is 0 Å². The molecule has 15 heavy (non-hydrogen) atoms. The van der Waals surface area contributed by atoms with Crippen LogP contribution in [0.15, 0.2) is 24.3 Å². The van der Waals surface area contributed by atoms with Crippen LogP contribution < -0.4 is 5.73 Å². The van der Waals surface area contributed by atoms with Gasteiger partial charge in [-0.3, -0.25) is 4.79 Å². The first-order chi connectivity index (χ1) is 6.70. The molecule has 0 amide bonds. The van der Waals surface area contributed by atoms with Crippen molar-refractivity contribution in [2.45, 2.75) is 24.8 Å². The van der Waals surface area contributed by atoms with Crippen LogP contribution in [0.3, 0.4) is 0 Å². The molecule has 0 radical (unpaired) electrons. The zero-order valence-electron chi connectivity index (χ0n) is 8.22. The molecule has 0 bridgehead atoms. The van der Waals surface area contributed by atoms with E-state index in [0.29, 0.717) is 0 Å². The molecular formula is C11H14ClNO2. The fourth-order valence-corrected chi connectivity index (χ4v) is 2.14. The van der Waals surface area contributed by atoms with Gasteiger partial charge in [-0.15, -0.1) is 12.4 Å². The van der Waals surface area contributed by atoms with E-state index in [0.717, 1.165) is 18.4 Å². The summed E-state index contributed by atoms with van der Waals surface area (Å²) in [5.41, 5.74) is 8.00. The van der Waals surface area contributed by atoms with Gasteiger partial charge in [0.15, 0.2) is 0 Å². The highest BCUT2D eigenvalue weighted by Crippen LogP contribution is 2.34. The molecule has 2 unspecified atom stereocenters. The summed E-state index contributed by atoms with van der Waals surface area (Å²) in [6, 6.07) is 7.18. The van der Waals surface area contributed by atoms with Crippen LogP contribution >= 0.6 is 12.4 Å². The van der Waals surface area contributed by atoms with E-state index in [4.69, 9.17) is 10.8 Å². The maximum atomic E-state index is 10.8. The molecule has 0 aromatic heterocycles. The molecule has 1 aliphatic rings. The summed E-state index contributed by atoms with van der Waals surface area (Å²) in [5.74, 6) is -0.921. The minimum absolute atomic E-state index is 0. The number of halogens is 1. The largest absolute Gasteiger partial charge is 0.480 e. The molecular weight excluding hydrogens is 214 g/mol. The Labute approximate surface area is 94.7 Å². The lowest BCUT2D eigenvalue weighted by Crippen LogP contribution is -2.35. The van der Waals surface area contributed by atoms with Crippen molar-refractivity contribution in [1.82, 2.24) is 0 Å². The molecule has 3 nitrogen and oxygen atoms in total. The summed E-state index contributed by atoms with van der Waals surface area (Å²) in [5, 5.41) is 8.84. The minimum Gasteiger partial charge on any atom is -0.480 e. The quantitative estimate of drug-likeness (QED) is 0.806. The summed E-state index contributed by atoms with van der Waals surface area (Å²) >= 11 is 0. The Kier molecular flexibility index (Phi) is 3.72. The highest BCUT2D eigenvalue weighted by atomic mass is 35.5. The SMILES string of the molecule is Cl.NC(C(=O)O)C1CCc2ccccc21. The second kappa shape index (κ2) is 4.64. The average Bonchev–Trinajstić information content (AvgIpc) is 2.60. The summed E-state index contributed by atoms with van der Waals surface area (Å²) in [6.07, 6.45) is 1.80. The van der Waals surface area contributed by atoms with Gasteiger partial charge in [0.05, 0.1) is 0 Å². The van der Waals surface area contributed by atoms with Crippen LogP contribution in [0.25, 0.3) is 0 Å². The van der Waals surface area contributed by atoms with E-state index < -0.39 is 12.0 Å². The van der Waals surface area contributed by atoms with Crippen molar-refractivity contribution in [1.29, 1.82) is 0 Å². The number of carboxylic acids is 1. The molecule has 3 N–H and O–H groups in total. The number of rotatable bonds is 2. The first-order valence-electron chi connectivity index (χ1n) is 4.76. The van der Waals surface area contributed by atoms with Gasteiger partial charge in [-0.25, -0.2) is 0 Å². The highest BCUT2D eigenvalue weighted by Gasteiger charge is 2.31. The molecule has 0 saturated heterocycles. The molecule has 1 aliphatic carbocycles. The molecule has 2 rings (SSSR count). The lowest BCUT2D eigenvalue weighted by molar-refractivity contribution is -0.139. The predicted molar refractivity (Wildman–Crippen MR) is 60.4 cm³/mol. The van der Waals surface area contributed by atoms with Crippen molar-refractivity contribution in [3.05, 3.63) is 35.4 Å². The van der Waals surface area contributed by atoms with E-state index in [2.05, 4.69) is 0 Å². The predicted octanol–water partition coefficient (Wildman–Crippen LogP) is 1.55. The Bertz CT molecular complexity index is 367. The molecule has 0 saturated carbocycles. The number of aliphatic carboxylic acids is 1. The fraction of sp³-hybridized carbons (Fsp3) is 0.364. The number of fused-ring (bicyclic) bond motifs is 1. The number of aryl methyl sites for hydroxylation is 1. The van der Waals surface area contributed by atoms with Crippen molar-refractivity contribution < 1.29 is 9.90 Å². The van der Waals surface area contributed by atoms with Crippen molar-refractivity contribution in [3.8, 4) is 0 Å². The molecule has 1 aromatic carbocycles. The summed E-state index contributed by atoms with van der Waals surface area (Å²) in [7, 11) is 0. The zero-order chi connectivity index (χ0) is 10.1. The van der Waals surface area contributed by atoms with Crippen LogP contribution in [-0.4, -0.2) is 17.1 Å². The van der Waals surface area contributed by atoms with E-state index in [1.165, 1.54) is 5.56 Å². The molecule has 0 aliphatic heterocycles. The van der Waals surface area contributed by atoms with Gasteiger partial charge < -0.3 is 10.8 Å². The van der Waals surface area contributed by atoms with Gasteiger partial charge in [0, 0.05) is 5.92 Å². The number of hydrogen-bond acceptors (Lipinski definition) is 2. The molecule has 0 fully saturated rings. The van der Waals surface area contributed by atoms with Crippen LogP contribution in [0.4, 0.5) is 0 Å². The smallest absolute Gasteiger partial charge is 0.321 e. The molecule has 0 spiro atoms. The highest BCUT2D eigenvalue weighted by molar-refractivity contribution is 5.85. The lowest BCUT2D eigenvalue weighted by Gasteiger charge is -2.15. The fourth-order valence-electron chi connectivity index (χ4n) is 2.14. The molecule has 2 atom stereocenters. The zero-order valence-corrected chi connectivity index (χ0v) is 9.04. The van der Waals surface area contributed by atoms with E-state index >= 15 is 0 Å². The summed E-state index contributed by atoms with van der Waals surface area (Å²) in [6.45, 7) is 0. The van der Waals surface area contributed by atoms with E-state index in [-0.39, 0.29) is 18.3 Å². The van der Waals surface area contributed by atoms with Gasteiger partial charge in [0.1, 0.15) is 6.04 Å². The summed E-state index contributed by atoms with van der Waals surface area (Å²) < 4.78 is 0. The second-order valence-electron chi connectivity index (χ2n) is 3.71. The first-order valence-corrected chi connectivity index (χ1v) is 4.76. The van der Waals surface area contributed by atoms with Gasteiger partial charge in [-0.1, -0.05) is 24.3 Å². The Morgan fingerprint density at radius 2 is 2.13 bits per heavy atom. The molecule has 4 heteroatoms. The first kappa shape index (κ1) is 12.0. The number of carboxylic acid groups (broad SMARTS) is 1. The average molecular weight is 228 g/mol. The Morgan fingerprint density at radius 1 is 1.47 bits per heavy atom. The topological polar surface area (TPSA) is 63.3 Å². The Hall–Kier alpha value is -1.06. The van der Waals surface area contributed by atoms with Crippen molar-refractivity contribution in [3.63, 3.8) is 0 Å².